The molecule has 9 nitrogen and oxygen atoms in total. The van der Waals surface area contributed by atoms with E-state index in [1.807, 2.05) is 0 Å². The number of rotatable bonds is 7. The average Bonchev–Trinajstić information content (AvgIpc) is 3.46. The highest BCUT2D eigenvalue weighted by Crippen LogP contribution is 2.32. The number of alkyl halides is 5. The van der Waals surface area contributed by atoms with Crippen LogP contribution < -0.4 is 10.6 Å². The van der Waals surface area contributed by atoms with Crippen LogP contribution >= 0.6 is 23.2 Å². The molecular weight excluding hydrogens is 596 g/mol. The van der Waals surface area contributed by atoms with Crippen LogP contribution in [0.4, 0.5) is 27.9 Å². The third-order valence-electron chi connectivity index (χ3n) is 6.54. The molecule has 2 aromatic carbocycles. The number of halogens is 7. The van der Waals surface area contributed by atoms with Crippen LogP contribution in [0, 0.1) is 0 Å². The van der Waals surface area contributed by atoms with Crippen molar-refractivity contribution in [2.45, 2.75) is 44.1 Å². The summed E-state index contributed by atoms with van der Waals surface area (Å²) in [6, 6.07) is 12.6. The minimum atomic E-state index is -4.98. The van der Waals surface area contributed by atoms with Gasteiger partial charge in [-0.15, -0.1) is 10.2 Å². The van der Waals surface area contributed by atoms with Gasteiger partial charge in [0.2, 0.25) is 5.95 Å². The Morgan fingerprint density at radius 1 is 1.00 bits per heavy atom. The first-order valence-electron chi connectivity index (χ1n) is 12.3. The zero-order valence-corrected chi connectivity index (χ0v) is 22.6. The highest BCUT2D eigenvalue weighted by molar-refractivity contribution is 6.32. The Hall–Kier alpha value is -3.49. The molecule has 0 saturated carbocycles. The van der Waals surface area contributed by atoms with E-state index in [1.54, 1.807) is 29.2 Å². The van der Waals surface area contributed by atoms with Gasteiger partial charge in [0.05, 0.1) is 17.3 Å². The first kappa shape index (κ1) is 29.0. The molecule has 1 aliphatic heterocycles. The van der Waals surface area contributed by atoms with Gasteiger partial charge in [-0.25, -0.2) is 18.3 Å². The molecule has 1 aliphatic rings. The first-order chi connectivity index (χ1) is 19.3. The second kappa shape index (κ2) is 11.1. The van der Waals surface area contributed by atoms with Crippen LogP contribution in [-0.2, 0) is 13.1 Å². The number of aliphatic hydroxyl groups excluding tert-OH is 1. The minimum absolute atomic E-state index is 0.0137. The lowest BCUT2D eigenvalue weighted by Crippen LogP contribution is -2.40. The second-order valence-electron chi connectivity index (χ2n) is 9.47. The van der Waals surface area contributed by atoms with Crippen molar-refractivity contribution in [3.05, 3.63) is 74.9 Å². The number of para-hydroxylation sites is 1. The molecule has 16 heteroatoms. The predicted octanol–water partition coefficient (Wildman–Crippen LogP) is 4.81. The monoisotopic (exact) mass is 617 g/mol. The number of hydrogen-bond acceptors (Lipinski definition) is 6. The quantitative estimate of drug-likeness (QED) is 0.299. The van der Waals surface area contributed by atoms with Crippen molar-refractivity contribution in [3.63, 3.8) is 0 Å². The summed E-state index contributed by atoms with van der Waals surface area (Å²) in [6.07, 6.45) is -8.60. The minimum Gasteiger partial charge on any atom is -0.382 e. The van der Waals surface area contributed by atoms with Gasteiger partial charge < -0.3 is 10.0 Å². The van der Waals surface area contributed by atoms with Gasteiger partial charge in [0, 0.05) is 36.5 Å². The van der Waals surface area contributed by atoms with Gasteiger partial charge in [0.1, 0.15) is 6.54 Å². The molecule has 0 unspecified atom stereocenters. The van der Waals surface area contributed by atoms with E-state index in [0.717, 1.165) is 4.68 Å². The van der Waals surface area contributed by atoms with E-state index < -0.39 is 43.3 Å². The summed E-state index contributed by atoms with van der Waals surface area (Å²) in [5, 5.41) is 19.0. The number of benzene rings is 2. The first-order valence-corrected chi connectivity index (χ1v) is 13.1. The number of anilines is 1. The summed E-state index contributed by atoms with van der Waals surface area (Å²) in [6.45, 7) is -1.50. The molecule has 2 aromatic heterocycles. The van der Waals surface area contributed by atoms with E-state index in [2.05, 4.69) is 15.2 Å². The molecule has 4 aromatic rings. The highest BCUT2D eigenvalue weighted by Gasteiger charge is 2.40. The third kappa shape index (κ3) is 6.23. The van der Waals surface area contributed by atoms with E-state index in [1.165, 1.54) is 28.9 Å². The van der Waals surface area contributed by atoms with Crippen molar-refractivity contribution in [2.75, 3.05) is 18.0 Å². The molecule has 218 valence electrons. The molecule has 1 atom stereocenters. The Bertz CT molecular complexity index is 1590. The van der Waals surface area contributed by atoms with Crippen LogP contribution in [0.2, 0.25) is 10.0 Å². The molecule has 1 fully saturated rings. The maximum Gasteiger partial charge on any atom is 0.416 e. The second-order valence-corrected chi connectivity index (χ2v) is 10.3. The van der Waals surface area contributed by atoms with Gasteiger partial charge in [0.25, 0.3) is 5.92 Å². The predicted molar refractivity (Wildman–Crippen MR) is 141 cm³/mol. The maximum absolute atomic E-state index is 13.8. The van der Waals surface area contributed by atoms with E-state index >= 15 is 0 Å². The van der Waals surface area contributed by atoms with Crippen molar-refractivity contribution >= 4 is 29.2 Å². The maximum atomic E-state index is 13.8. The number of piperidine rings is 1. The van der Waals surface area contributed by atoms with Crippen molar-refractivity contribution in [2.24, 2.45) is 0 Å². The zero-order chi connectivity index (χ0) is 29.5. The van der Waals surface area contributed by atoms with Crippen LogP contribution in [0.1, 0.15) is 18.7 Å². The molecule has 0 aliphatic carbocycles. The molecular formula is C25H22Cl2F5N7O2. The van der Waals surface area contributed by atoms with E-state index in [-0.39, 0.29) is 42.8 Å². The lowest BCUT2D eigenvalue weighted by Gasteiger charge is -2.32. The van der Waals surface area contributed by atoms with Gasteiger partial charge in [0.15, 0.2) is 17.8 Å². The van der Waals surface area contributed by atoms with Crippen LogP contribution in [0.5, 0.6) is 0 Å². The van der Waals surface area contributed by atoms with Crippen LogP contribution in [-0.4, -0.2) is 65.5 Å². The Morgan fingerprint density at radius 3 is 2.29 bits per heavy atom. The lowest BCUT2D eigenvalue weighted by atomic mass is 10.1. The molecule has 0 spiro atoms. The van der Waals surface area contributed by atoms with Crippen LogP contribution in [0.25, 0.3) is 17.1 Å². The molecule has 5 rings (SSSR count). The fourth-order valence-corrected chi connectivity index (χ4v) is 4.71. The Balaban J connectivity index is 1.55. The molecule has 0 radical (unpaired) electrons. The molecule has 1 saturated heterocycles. The zero-order valence-electron chi connectivity index (χ0n) is 21.1. The summed E-state index contributed by atoms with van der Waals surface area (Å²) < 4.78 is 70.2. The van der Waals surface area contributed by atoms with Gasteiger partial charge in [-0.1, -0.05) is 35.3 Å². The summed E-state index contributed by atoms with van der Waals surface area (Å²) >= 11 is 12.3. The van der Waals surface area contributed by atoms with E-state index in [0.29, 0.717) is 20.3 Å². The summed E-state index contributed by atoms with van der Waals surface area (Å²) in [4.78, 5) is 19.4. The van der Waals surface area contributed by atoms with E-state index in [4.69, 9.17) is 23.2 Å². The van der Waals surface area contributed by atoms with Crippen molar-refractivity contribution in [3.8, 4) is 17.1 Å². The summed E-state index contributed by atoms with van der Waals surface area (Å²) in [5.41, 5.74) is -0.260. The fourth-order valence-electron chi connectivity index (χ4n) is 4.37. The fraction of sp³-hybridized carbons (Fsp3) is 0.360. The van der Waals surface area contributed by atoms with Crippen LogP contribution in [0.15, 0.2) is 53.3 Å². The third-order valence-corrected chi connectivity index (χ3v) is 7.11. The molecule has 41 heavy (non-hydrogen) atoms. The Kier molecular flexibility index (Phi) is 7.83. The van der Waals surface area contributed by atoms with Gasteiger partial charge >= 0.3 is 11.9 Å². The van der Waals surface area contributed by atoms with Crippen molar-refractivity contribution in [1.82, 2.24) is 29.1 Å². The van der Waals surface area contributed by atoms with Crippen molar-refractivity contribution in [1.29, 1.82) is 0 Å². The SMILES string of the molecule is O=c1n(Cc2nc(N3CCC(F)(F)CC3)n(-c3ccccc3Cl)n2)nc(-c2ccc(Cl)cc2)n1C[C@H](O)C(F)(F)F. The van der Waals surface area contributed by atoms with Crippen LogP contribution in [0.3, 0.4) is 0 Å². The normalized spacial score (nSPS) is 16.2. The van der Waals surface area contributed by atoms with Gasteiger partial charge in [-0.05, 0) is 36.4 Å². The Morgan fingerprint density at radius 2 is 1.66 bits per heavy atom. The van der Waals surface area contributed by atoms with E-state index in [9.17, 15) is 31.9 Å². The molecule has 0 bridgehead atoms. The smallest absolute Gasteiger partial charge is 0.382 e. The summed E-state index contributed by atoms with van der Waals surface area (Å²) in [7, 11) is 0. The lowest BCUT2D eigenvalue weighted by molar-refractivity contribution is -0.207. The number of aromatic nitrogens is 6. The largest absolute Gasteiger partial charge is 0.416 e. The highest BCUT2D eigenvalue weighted by atomic mass is 35.5. The number of nitrogens with zero attached hydrogens (tertiary/aromatic N) is 7. The standard InChI is InChI=1S/C25H22Cl2F5N7O2/c26-16-7-5-15(6-8-16)21-35-38(23(41)37(21)13-19(40)25(30,31)32)14-20-33-22(36-11-9-24(28,29)10-12-36)39(34-20)18-4-2-1-3-17(18)27/h1-8,19,40H,9-14H2/t19-/m0/s1. The average molecular weight is 618 g/mol. The topological polar surface area (TPSA) is 94.0 Å². The van der Waals surface area contributed by atoms with Gasteiger partial charge in [-0.3, -0.25) is 4.57 Å². The molecule has 1 N–H and O–H groups in total. The molecule has 0 amide bonds. The molecule has 3 heterocycles. The van der Waals surface area contributed by atoms with Crippen molar-refractivity contribution < 1.29 is 27.1 Å². The Labute approximate surface area is 239 Å². The number of hydrogen-bond donors (Lipinski definition) is 1. The van der Waals surface area contributed by atoms with Gasteiger partial charge in [-0.2, -0.15) is 22.8 Å². The number of aliphatic hydroxyl groups is 1. The summed E-state index contributed by atoms with van der Waals surface area (Å²) in [5.74, 6) is -2.71.